The number of hydrogen-bond acceptors (Lipinski definition) is 3. The van der Waals surface area contributed by atoms with Crippen LogP contribution in [0.3, 0.4) is 0 Å². The number of allylic oxidation sites excluding steroid dienone is 2. The summed E-state index contributed by atoms with van der Waals surface area (Å²) in [5.41, 5.74) is 4.67. The van der Waals surface area contributed by atoms with Crippen LogP contribution in [0.2, 0.25) is 0 Å². The highest BCUT2D eigenvalue weighted by atomic mass is 15.2. The molecule has 0 aliphatic rings. The Bertz CT molecular complexity index is 170. The Kier molecular flexibility index (Phi) is 5.22. The van der Waals surface area contributed by atoms with Crippen molar-refractivity contribution in [1.82, 2.24) is 5.43 Å². The van der Waals surface area contributed by atoms with Crippen molar-refractivity contribution in [3.05, 3.63) is 11.3 Å². The number of nitriles is 1. The molecule has 62 valence electrons. The minimum absolute atomic E-state index is 0.382. The monoisotopic (exact) mass is 153 g/mol. The van der Waals surface area contributed by atoms with Gasteiger partial charge in [0.05, 0.1) is 12.5 Å². The van der Waals surface area contributed by atoms with Gasteiger partial charge in [0.15, 0.2) is 0 Å². The van der Waals surface area contributed by atoms with Gasteiger partial charge in [0.25, 0.3) is 0 Å². The SMILES string of the molecule is CCC(CC)=C(CC#N)NN. The van der Waals surface area contributed by atoms with Gasteiger partial charge in [0, 0.05) is 5.70 Å². The summed E-state index contributed by atoms with van der Waals surface area (Å²) < 4.78 is 0. The highest BCUT2D eigenvalue weighted by Gasteiger charge is 2.00. The molecule has 3 heteroatoms. The summed E-state index contributed by atoms with van der Waals surface area (Å²) in [6.45, 7) is 4.13. The van der Waals surface area contributed by atoms with Gasteiger partial charge in [0.1, 0.15) is 0 Å². The summed E-state index contributed by atoms with van der Waals surface area (Å²) in [5.74, 6) is 5.25. The molecular weight excluding hydrogens is 138 g/mol. The number of nitrogens with two attached hydrogens (primary N) is 1. The average Bonchev–Trinajstić information content (AvgIpc) is 2.05. The molecule has 11 heavy (non-hydrogen) atoms. The predicted octanol–water partition coefficient (Wildman–Crippen LogP) is 1.44. The van der Waals surface area contributed by atoms with Crippen molar-refractivity contribution in [3.8, 4) is 6.07 Å². The molecule has 0 unspecified atom stereocenters. The Labute approximate surface area is 67.9 Å². The molecule has 0 aromatic carbocycles. The van der Waals surface area contributed by atoms with Crippen LogP contribution in [0.15, 0.2) is 11.3 Å². The zero-order chi connectivity index (χ0) is 8.69. The first-order chi connectivity index (χ1) is 5.29. The van der Waals surface area contributed by atoms with Gasteiger partial charge in [-0.1, -0.05) is 13.8 Å². The van der Waals surface area contributed by atoms with Crippen molar-refractivity contribution in [2.24, 2.45) is 5.84 Å². The van der Waals surface area contributed by atoms with Crippen LogP contribution in [0.1, 0.15) is 33.1 Å². The van der Waals surface area contributed by atoms with E-state index in [4.69, 9.17) is 11.1 Å². The molecule has 0 atom stereocenters. The van der Waals surface area contributed by atoms with Crippen molar-refractivity contribution in [2.45, 2.75) is 33.1 Å². The molecule has 0 radical (unpaired) electrons. The van der Waals surface area contributed by atoms with Crippen LogP contribution < -0.4 is 11.3 Å². The maximum atomic E-state index is 8.43. The van der Waals surface area contributed by atoms with Crippen LogP contribution >= 0.6 is 0 Å². The van der Waals surface area contributed by atoms with Gasteiger partial charge in [-0.3, -0.25) is 5.84 Å². The second-order valence-electron chi connectivity index (χ2n) is 2.27. The van der Waals surface area contributed by atoms with Gasteiger partial charge in [-0.15, -0.1) is 0 Å². The van der Waals surface area contributed by atoms with E-state index in [1.54, 1.807) is 0 Å². The van der Waals surface area contributed by atoms with Crippen LogP contribution in [0.5, 0.6) is 0 Å². The Balaban J connectivity index is 4.37. The minimum atomic E-state index is 0.382. The molecule has 3 N–H and O–H groups in total. The van der Waals surface area contributed by atoms with Crippen LogP contribution in [0.4, 0.5) is 0 Å². The van der Waals surface area contributed by atoms with Crippen molar-refractivity contribution in [1.29, 1.82) is 5.26 Å². The lowest BCUT2D eigenvalue weighted by atomic mass is 10.1. The third kappa shape index (κ3) is 3.06. The first-order valence-electron chi connectivity index (χ1n) is 3.84. The van der Waals surface area contributed by atoms with E-state index in [-0.39, 0.29) is 0 Å². The van der Waals surface area contributed by atoms with E-state index in [1.165, 1.54) is 5.57 Å². The van der Waals surface area contributed by atoms with Gasteiger partial charge >= 0.3 is 0 Å². The largest absolute Gasteiger partial charge is 0.327 e. The van der Waals surface area contributed by atoms with Crippen LogP contribution in [-0.2, 0) is 0 Å². The molecule has 0 heterocycles. The molecular formula is C8H15N3. The number of rotatable bonds is 4. The zero-order valence-electron chi connectivity index (χ0n) is 7.15. The summed E-state index contributed by atoms with van der Waals surface area (Å²) in [6.07, 6.45) is 2.29. The summed E-state index contributed by atoms with van der Waals surface area (Å²) in [7, 11) is 0. The fraction of sp³-hybridized carbons (Fsp3) is 0.625. The molecule has 0 aliphatic heterocycles. The zero-order valence-corrected chi connectivity index (χ0v) is 7.15. The molecule has 0 aliphatic carbocycles. The molecule has 0 fully saturated rings. The third-order valence-electron chi connectivity index (χ3n) is 1.71. The topological polar surface area (TPSA) is 61.8 Å². The van der Waals surface area contributed by atoms with Gasteiger partial charge in [-0.25, -0.2) is 0 Å². The van der Waals surface area contributed by atoms with E-state index in [9.17, 15) is 0 Å². The number of nitrogens with one attached hydrogen (secondary N) is 1. The molecule has 0 saturated heterocycles. The summed E-state index contributed by atoms with van der Waals surface area (Å²) >= 11 is 0. The maximum Gasteiger partial charge on any atom is 0.0762 e. The van der Waals surface area contributed by atoms with E-state index in [0.717, 1.165) is 18.5 Å². The summed E-state index contributed by atoms with van der Waals surface area (Å²) in [5, 5.41) is 8.43. The fourth-order valence-electron chi connectivity index (χ4n) is 1.03. The molecule has 0 spiro atoms. The Morgan fingerprint density at radius 1 is 1.45 bits per heavy atom. The minimum Gasteiger partial charge on any atom is -0.327 e. The fourth-order valence-corrected chi connectivity index (χ4v) is 1.03. The van der Waals surface area contributed by atoms with Crippen molar-refractivity contribution in [3.63, 3.8) is 0 Å². The lowest BCUT2D eigenvalue weighted by Gasteiger charge is -2.08. The van der Waals surface area contributed by atoms with Gasteiger partial charge in [-0.05, 0) is 18.4 Å². The maximum absolute atomic E-state index is 8.43. The molecule has 3 nitrogen and oxygen atoms in total. The first-order valence-corrected chi connectivity index (χ1v) is 3.84. The molecule has 0 saturated carbocycles. The smallest absolute Gasteiger partial charge is 0.0762 e. The van der Waals surface area contributed by atoms with Gasteiger partial charge in [0.2, 0.25) is 0 Å². The van der Waals surface area contributed by atoms with Crippen LogP contribution in [0.25, 0.3) is 0 Å². The molecule has 0 bridgehead atoms. The normalized spacial score (nSPS) is 8.55. The Hall–Kier alpha value is -1.01. The molecule has 0 aromatic rings. The Morgan fingerprint density at radius 3 is 2.27 bits per heavy atom. The highest BCUT2D eigenvalue weighted by molar-refractivity contribution is 5.14. The standard InChI is InChI=1S/C8H15N3/c1-3-7(4-2)8(11-10)5-6-9/h11H,3-5,10H2,1-2H3. The average molecular weight is 153 g/mol. The van der Waals surface area contributed by atoms with Gasteiger partial charge < -0.3 is 5.43 Å². The first kappa shape index (κ1) is 9.99. The second kappa shape index (κ2) is 5.75. The second-order valence-corrected chi connectivity index (χ2v) is 2.27. The predicted molar refractivity (Wildman–Crippen MR) is 45.2 cm³/mol. The lowest BCUT2D eigenvalue weighted by Crippen LogP contribution is -2.22. The molecule has 0 aromatic heterocycles. The highest BCUT2D eigenvalue weighted by Crippen LogP contribution is 2.11. The van der Waals surface area contributed by atoms with E-state index >= 15 is 0 Å². The van der Waals surface area contributed by atoms with Crippen molar-refractivity contribution < 1.29 is 0 Å². The number of nitrogens with zero attached hydrogens (tertiary/aromatic N) is 1. The van der Waals surface area contributed by atoms with Gasteiger partial charge in [-0.2, -0.15) is 5.26 Å². The quantitative estimate of drug-likeness (QED) is 0.474. The summed E-state index contributed by atoms with van der Waals surface area (Å²) in [6, 6.07) is 2.07. The van der Waals surface area contributed by atoms with E-state index < -0.39 is 0 Å². The summed E-state index contributed by atoms with van der Waals surface area (Å²) in [4.78, 5) is 0. The van der Waals surface area contributed by atoms with Crippen molar-refractivity contribution >= 4 is 0 Å². The molecule has 0 rings (SSSR count). The number of hydrazine groups is 1. The number of hydrogen-bond donors (Lipinski definition) is 2. The Morgan fingerprint density at radius 2 is 2.00 bits per heavy atom. The van der Waals surface area contributed by atoms with E-state index in [1.807, 2.05) is 0 Å². The van der Waals surface area contributed by atoms with Crippen molar-refractivity contribution in [2.75, 3.05) is 0 Å². The van der Waals surface area contributed by atoms with E-state index in [0.29, 0.717) is 6.42 Å². The lowest BCUT2D eigenvalue weighted by molar-refractivity contribution is 0.796. The molecule has 0 amide bonds. The third-order valence-corrected chi connectivity index (χ3v) is 1.71. The van der Waals surface area contributed by atoms with Crippen LogP contribution in [0, 0.1) is 11.3 Å². The van der Waals surface area contributed by atoms with E-state index in [2.05, 4.69) is 25.3 Å². The van der Waals surface area contributed by atoms with Crippen LogP contribution in [-0.4, -0.2) is 0 Å².